The van der Waals surface area contributed by atoms with Gasteiger partial charge in [0.15, 0.2) is 0 Å². The molecular weight excluding hydrogens is 260 g/mol. The minimum absolute atomic E-state index is 0.0250. The first-order valence-corrected chi connectivity index (χ1v) is 6.86. The van der Waals surface area contributed by atoms with Gasteiger partial charge < -0.3 is 10.2 Å². The van der Waals surface area contributed by atoms with Crippen molar-refractivity contribution in [3.05, 3.63) is 46.2 Å². The summed E-state index contributed by atoms with van der Waals surface area (Å²) >= 11 is 1.44. The molecule has 1 N–H and O–H groups in total. The summed E-state index contributed by atoms with van der Waals surface area (Å²) in [5.41, 5.74) is 2.74. The van der Waals surface area contributed by atoms with Crippen molar-refractivity contribution in [2.75, 3.05) is 16.8 Å². The highest BCUT2D eigenvalue weighted by Gasteiger charge is 2.26. The summed E-state index contributed by atoms with van der Waals surface area (Å²) in [6.07, 6.45) is 1.50. The number of anilines is 2. The van der Waals surface area contributed by atoms with Gasteiger partial charge in [0.05, 0.1) is 4.88 Å². The van der Waals surface area contributed by atoms with Crippen molar-refractivity contribution in [1.82, 2.24) is 0 Å². The van der Waals surface area contributed by atoms with Gasteiger partial charge in [0.1, 0.15) is 0 Å². The summed E-state index contributed by atoms with van der Waals surface area (Å²) in [7, 11) is 0. The molecule has 96 valence electrons. The number of rotatable bonds is 3. The van der Waals surface area contributed by atoms with Crippen molar-refractivity contribution in [2.24, 2.45) is 0 Å². The molecule has 2 aromatic rings. The van der Waals surface area contributed by atoms with Gasteiger partial charge >= 0.3 is 0 Å². The molecule has 1 aliphatic rings. The van der Waals surface area contributed by atoms with Crippen LogP contribution in [0.5, 0.6) is 0 Å². The maximum Gasteiger partial charge on any atom is 0.268 e. The summed E-state index contributed by atoms with van der Waals surface area (Å²) < 4.78 is 0. The van der Waals surface area contributed by atoms with E-state index in [2.05, 4.69) is 5.32 Å². The molecule has 2 amide bonds. The maximum atomic E-state index is 12.4. The van der Waals surface area contributed by atoms with Crippen LogP contribution in [0.15, 0.2) is 35.7 Å². The number of carbonyl (C=O) groups is 2. The fraction of sp³-hybridized carbons (Fsp3) is 0.143. The molecule has 1 aromatic heterocycles. The van der Waals surface area contributed by atoms with Gasteiger partial charge in [0, 0.05) is 17.9 Å². The molecule has 0 fully saturated rings. The molecule has 0 radical (unpaired) electrons. The van der Waals surface area contributed by atoms with Gasteiger partial charge in [-0.05, 0) is 35.6 Å². The van der Waals surface area contributed by atoms with Crippen LogP contribution in [0, 0.1) is 0 Å². The van der Waals surface area contributed by atoms with Crippen molar-refractivity contribution in [2.45, 2.75) is 6.42 Å². The molecular formula is C14H12N2O2S. The Balaban J connectivity index is 1.94. The third-order valence-electron chi connectivity index (χ3n) is 3.18. The second-order valence-electron chi connectivity index (χ2n) is 4.29. The van der Waals surface area contributed by atoms with E-state index in [1.807, 2.05) is 35.7 Å². The highest BCUT2D eigenvalue weighted by molar-refractivity contribution is 7.12. The fourth-order valence-electron chi connectivity index (χ4n) is 2.28. The maximum absolute atomic E-state index is 12.4. The Kier molecular flexibility index (Phi) is 3.05. The zero-order valence-corrected chi connectivity index (χ0v) is 10.9. The Hall–Kier alpha value is -2.14. The summed E-state index contributed by atoms with van der Waals surface area (Å²) in [4.78, 5) is 25.4. The van der Waals surface area contributed by atoms with Gasteiger partial charge in [-0.15, -0.1) is 11.3 Å². The fourth-order valence-corrected chi connectivity index (χ4v) is 2.95. The van der Waals surface area contributed by atoms with Crippen LogP contribution in [0.25, 0.3) is 0 Å². The molecule has 4 nitrogen and oxygen atoms in total. The number of thiophene rings is 1. The standard InChI is InChI=1S/C14H12N2O2S/c17-9-15-11-4-3-10-5-6-16(12(10)8-11)14(18)13-2-1-7-19-13/h1-4,7-9H,5-6H2,(H,15,17). The van der Waals surface area contributed by atoms with Crippen molar-refractivity contribution >= 4 is 35.0 Å². The normalized spacial score (nSPS) is 13.2. The number of hydrogen-bond acceptors (Lipinski definition) is 3. The van der Waals surface area contributed by atoms with Crippen molar-refractivity contribution in [3.63, 3.8) is 0 Å². The summed E-state index contributed by atoms with van der Waals surface area (Å²) in [5.74, 6) is 0.0250. The van der Waals surface area contributed by atoms with Crippen LogP contribution in [0.4, 0.5) is 11.4 Å². The molecule has 5 heteroatoms. The van der Waals surface area contributed by atoms with Crippen molar-refractivity contribution in [1.29, 1.82) is 0 Å². The molecule has 0 atom stereocenters. The predicted molar refractivity (Wildman–Crippen MR) is 75.8 cm³/mol. The lowest BCUT2D eigenvalue weighted by Crippen LogP contribution is -2.28. The molecule has 0 aliphatic carbocycles. The lowest BCUT2D eigenvalue weighted by atomic mass is 10.1. The average Bonchev–Trinajstić information content (AvgIpc) is 3.07. The average molecular weight is 272 g/mol. The largest absolute Gasteiger partial charge is 0.329 e. The first kappa shape index (κ1) is 11.9. The van der Waals surface area contributed by atoms with Crippen LogP contribution in [0.2, 0.25) is 0 Å². The van der Waals surface area contributed by atoms with E-state index in [4.69, 9.17) is 0 Å². The minimum Gasteiger partial charge on any atom is -0.329 e. The van der Waals surface area contributed by atoms with Gasteiger partial charge in [0.25, 0.3) is 5.91 Å². The van der Waals surface area contributed by atoms with Crippen molar-refractivity contribution in [3.8, 4) is 0 Å². The first-order chi connectivity index (χ1) is 9.29. The lowest BCUT2D eigenvalue weighted by Gasteiger charge is -2.17. The van der Waals surface area contributed by atoms with Crippen LogP contribution in [0.3, 0.4) is 0 Å². The molecule has 1 aliphatic heterocycles. The third kappa shape index (κ3) is 2.13. The summed E-state index contributed by atoms with van der Waals surface area (Å²) in [5, 5.41) is 4.51. The number of benzene rings is 1. The molecule has 0 spiro atoms. The topological polar surface area (TPSA) is 49.4 Å². The van der Waals surface area contributed by atoms with E-state index >= 15 is 0 Å². The van der Waals surface area contributed by atoms with E-state index in [1.54, 1.807) is 4.90 Å². The second-order valence-corrected chi connectivity index (χ2v) is 5.24. The zero-order valence-electron chi connectivity index (χ0n) is 10.1. The molecule has 3 rings (SSSR count). The Bertz CT molecular complexity index is 622. The van der Waals surface area contributed by atoms with Gasteiger partial charge in [0.2, 0.25) is 6.41 Å². The Morgan fingerprint density at radius 2 is 2.26 bits per heavy atom. The zero-order chi connectivity index (χ0) is 13.2. The molecule has 0 saturated heterocycles. The van der Waals surface area contributed by atoms with E-state index in [0.29, 0.717) is 18.6 Å². The van der Waals surface area contributed by atoms with Gasteiger partial charge in [-0.25, -0.2) is 0 Å². The van der Waals surface area contributed by atoms with Gasteiger partial charge in [-0.3, -0.25) is 9.59 Å². The molecule has 0 unspecified atom stereocenters. The number of nitrogens with zero attached hydrogens (tertiary/aromatic N) is 1. The monoisotopic (exact) mass is 272 g/mol. The van der Waals surface area contributed by atoms with Crippen LogP contribution in [-0.2, 0) is 11.2 Å². The van der Waals surface area contributed by atoms with E-state index in [-0.39, 0.29) is 5.91 Å². The van der Waals surface area contributed by atoms with Crippen LogP contribution >= 0.6 is 11.3 Å². The molecule has 2 heterocycles. The summed E-state index contributed by atoms with van der Waals surface area (Å²) in [6.45, 7) is 0.691. The van der Waals surface area contributed by atoms with Gasteiger partial charge in [-0.1, -0.05) is 12.1 Å². The smallest absolute Gasteiger partial charge is 0.268 e. The second kappa shape index (κ2) is 4.85. The number of nitrogens with one attached hydrogen (secondary N) is 1. The van der Waals surface area contributed by atoms with Gasteiger partial charge in [-0.2, -0.15) is 0 Å². The number of carbonyl (C=O) groups excluding carboxylic acids is 2. The van der Waals surface area contributed by atoms with E-state index in [1.165, 1.54) is 11.3 Å². The molecule has 19 heavy (non-hydrogen) atoms. The molecule has 1 aromatic carbocycles. The first-order valence-electron chi connectivity index (χ1n) is 5.98. The lowest BCUT2D eigenvalue weighted by molar-refractivity contribution is -0.105. The summed E-state index contributed by atoms with van der Waals surface area (Å²) in [6, 6.07) is 9.37. The molecule has 0 saturated carbocycles. The Morgan fingerprint density at radius 3 is 3.00 bits per heavy atom. The number of amides is 2. The number of hydrogen-bond donors (Lipinski definition) is 1. The highest BCUT2D eigenvalue weighted by atomic mass is 32.1. The Morgan fingerprint density at radius 1 is 1.37 bits per heavy atom. The van der Waals surface area contributed by atoms with Crippen LogP contribution in [-0.4, -0.2) is 18.9 Å². The third-order valence-corrected chi connectivity index (χ3v) is 4.04. The SMILES string of the molecule is O=CNc1ccc2c(c1)N(C(=O)c1cccs1)CC2. The number of fused-ring (bicyclic) bond motifs is 1. The van der Waals surface area contributed by atoms with E-state index < -0.39 is 0 Å². The van der Waals surface area contributed by atoms with E-state index in [9.17, 15) is 9.59 Å². The Labute approximate surface area is 114 Å². The van der Waals surface area contributed by atoms with Crippen LogP contribution < -0.4 is 10.2 Å². The molecule has 0 bridgehead atoms. The quantitative estimate of drug-likeness (QED) is 0.873. The minimum atomic E-state index is 0.0250. The van der Waals surface area contributed by atoms with Crippen molar-refractivity contribution < 1.29 is 9.59 Å². The predicted octanol–water partition coefficient (Wildman–Crippen LogP) is 2.52. The van der Waals surface area contributed by atoms with E-state index in [0.717, 1.165) is 22.5 Å². The van der Waals surface area contributed by atoms with Crippen LogP contribution in [0.1, 0.15) is 15.2 Å². The highest BCUT2D eigenvalue weighted by Crippen LogP contribution is 2.32.